The summed E-state index contributed by atoms with van der Waals surface area (Å²) in [6.07, 6.45) is 2.32. The molecular weight excluding hydrogens is 800 g/mol. The van der Waals surface area contributed by atoms with Gasteiger partial charge in [0.25, 0.3) is 0 Å². The number of hydrogen-bond acceptors (Lipinski definition) is 3. The van der Waals surface area contributed by atoms with E-state index in [1.165, 1.54) is 89.9 Å². The Balaban J connectivity index is 1.22. The Morgan fingerprint density at radius 2 is 1.08 bits per heavy atom. The van der Waals surface area contributed by atoms with E-state index in [1.54, 1.807) is 0 Å². The molecule has 1 aromatic heterocycles. The number of anilines is 5. The van der Waals surface area contributed by atoms with Gasteiger partial charge in [0.2, 0.25) is 5.88 Å². The van der Waals surface area contributed by atoms with E-state index in [-0.39, 0.29) is 23.1 Å². The first-order valence-electron chi connectivity index (χ1n) is 23.7. The summed E-state index contributed by atoms with van der Waals surface area (Å²) in [6, 6.07) is 67.9. The largest absolute Gasteiger partial charge is 0.440 e. The van der Waals surface area contributed by atoms with Gasteiger partial charge >= 0.3 is 6.85 Å². The predicted molar refractivity (Wildman–Crippen MR) is 280 cm³/mol. The van der Waals surface area contributed by atoms with E-state index >= 15 is 0 Å². The number of rotatable bonds is 5. The highest BCUT2D eigenvalue weighted by molar-refractivity contribution is 6.95. The van der Waals surface area contributed by atoms with Gasteiger partial charge in [-0.15, -0.1) is 0 Å². The number of fused-ring (bicyclic) bond motifs is 7. The van der Waals surface area contributed by atoms with Crippen LogP contribution in [0.4, 0.5) is 28.6 Å². The molecule has 3 nitrogen and oxygen atoms in total. The van der Waals surface area contributed by atoms with Crippen molar-refractivity contribution in [2.24, 2.45) is 0 Å². The van der Waals surface area contributed by atoms with Crippen LogP contribution in [0.15, 0.2) is 186 Å². The second-order valence-corrected chi connectivity index (χ2v) is 21.2. The van der Waals surface area contributed by atoms with Gasteiger partial charge in [-0.2, -0.15) is 0 Å². The zero-order valence-electron chi connectivity index (χ0n) is 39.1. The van der Waals surface area contributed by atoms with Crippen molar-refractivity contribution in [2.75, 3.05) is 9.71 Å². The normalized spacial score (nSPS) is 15.5. The molecule has 0 N–H and O–H groups in total. The quantitative estimate of drug-likeness (QED) is 0.161. The Morgan fingerprint density at radius 1 is 0.470 bits per heavy atom. The zero-order valence-corrected chi connectivity index (χ0v) is 39.1. The van der Waals surface area contributed by atoms with Gasteiger partial charge in [-0.05, 0) is 139 Å². The topological polar surface area (TPSA) is 19.6 Å². The molecule has 0 bridgehead atoms. The average molecular weight is 855 g/mol. The molecule has 1 aliphatic carbocycles. The van der Waals surface area contributed by atoms with Crippen molar-refractivity contribution in [3.8, 4) is 44.5 Å². The summed E-state index contributed by atoms with van der Waals surface area (Å²) in [5.41, 5.74) is 21.8. The Kier molecular flexibility index (Phi) is 9.04. The van der Waals surface area contributed by atoms with Gasteiger partial charge in [0, 0.05) is 39.0 Å². The van der Waals surface area contributed by atoms with Gasteiger partial charge in [-0.3, -0.25) is 4.90 Å². The first-order valence-corrected chi connectivity index (χ1v) is 23.7. The summed E-state index contributed by atoms with van der Waals surface area (Å²) in [7, 11) is 0. The lowest BCUT2D eigenvalue weighted by Crippen LogP contribution is -2.61. The summed E-state index contributed by atoms with van der Waals surface area (Å²) >= 11 is 0. The molecule has 322 valence electrons. The summed E-state index contributed by atoms with van der Waals surface area (Å²) < 4.78 is 7.34. The zero-order chi connectivity index (χ0) is 45.1. The Bertz CT molecular complexity index is 3360. The van der Waals surface area contributed by atoms with Gasteiger partial charge < -0.3 is 9.23 Å². The SMILES string of the molecule is CC(C)(C)c1ccc(N2c3cc(-c4ccccc4)cc4c3B(c3c2oc2ccccc32)N(c2ccc3c(c2)C(C)(C)CCC3(C)C)c2ccc(-c3ccccc3)cc2-4)c(-c2ccccc2)c1. The Morgan fingerprint density at radius 3 is 1.77 bits per heavy atom. The summed E-state index contributed by atoms with van der Waals surface area (Å²) in [5, 5.41) is 1.13. The standard InChI is InChI=1S/C62H55BN2O/c1-60(2,3)45-28-32-53(48(38-45)42-23-15-10-16-24-42)64-55-37-44(41-21-13-9-14-22-41)36-50-49-35-43(40-19-11-8-12-20-40)27-31-54(49)65(46-29-30-51-52(39-46)62(6,7)34-33-61(51,4)5)63(57(50)55)58-47-25-17-18-26-56(47)66-59(58)64/h8-32,35-39H,33-34H2,1-7H3. The van der Waals surface area contributed by atoms with Gasteiger partial charge in [-0.25, -0.2) is 0 Å². The number of para-hydroxylation sites is 1. The van der Waals surface area contributed by atoms with Crippen molar-refractivity contribution in [3.63, 3.8) is 0 Å². The molecule has 9 aromatic rings. The van der Waals surface area contributed by atoms with E-state index in [2.05, 4.69) is 240 Å². The van der Waals surface area contributed by atoms with E-state index in [1.807, 2.05) is 0 Å². The van der Waals surface area contributed by atoms with E-state index < -0.39 is 0 Å². The smallest absolute Gasteiger partial charge is 0.337 e. The second-order valence-electron chi connectivity index (χ2n) is 21.2. The predicted octanol–water partition coefficient (Wildman–Crippen LogP) is 15.8. The van der Waals surface area contributed by atoms with Crippen LogP contribution in [-0.2, 0) is 16.2 Å². The van der Waals surface area contributed by atoms with Crippen molar-refractivity contribution in [3.05, 3.63) is 199 Å². The first kappa shape index (κ1) is 40.5. The molecule has 0 fully saturated rings. The fourth-order valence-electron chi connectivity index (χ4n) is 11.3. The third-order valence-electron chi connectivity index (χ3n) is 15.1. The molecule has 0 atom stereocenters. The van der Waals surface area contributed by atoms with Crippen molar-refractivity contribution in [1.82, 2.24) is 0 Å². The van der Waals surface area contributed by atoms with E-state index in [0.717, 1.165) is 34.6 Å². The number of benzene rings is 8. The summed E-state index contributed by atoms with van der Waals surface area (Å²) in [5.74, 6) is 0.860. The van der Waals surface area contributed by atoms with Crippen molar-refractivity contribution in [2.45, 2.75) is 77.6 Å². The van der Waals surface area contributed by atoms with Crippen LogP contribution in [0.2, 0.25) is 0 Å². The lowest BCUT2D eigenvalue weighted by atomic mass is 9.43. The van der Waals surface area contributed by atoms with E-state index in [0.29, 0.717) is 0 Å². The fraction of sp³-hybridized carbons (Fsp3) is 0.194. The highest BCUT2D eigenvalue weighted by Crippen LogP contribution is 2.53. The monoisotopic (exact) mass is 854 g/mol. The molecule has 12 rings (SSSR count). The molecule has 0 radical (unpaired) electrons. The Hall–Kier alpha value is -7.04. The molecule has 0 spiro atoms. The van der Waals surface area contributed by atoms with E-state index in [9.17, 15) is 0 Å². The highest BCUT2D eigenvalue weighted by Gasteiger charge is 2.49. The van der Waals surface area contributed by atoms with Crippen LogP contribution >= 0.6 is 0 Å². The maximum atomic E-state index is 7.34. The lowest BCUT2D eigenvalue weighted by molar-refractivity contribution is 0.332. The molecule has 3 aliphatic rings. The third-order valence-corrected chi connectivity index (χ3v) is 15.1. The summed E-state index contributed by atoms with van der Waals surface area (Å²) in [4.78, 5) is 5.13. The van der Waals surface area contributed by atoms with Crippen LogP contribution in [0.25, 0.3) is 55.5 Å². The van der Waals surface area contributed by atoms with Crippen LogP contribution in [0, 0.1) is 0 Å². The van der Waals surface area contributed by atoms with Crippen LogP contribution in [0.1, 0.15) is 78.0 Å². The molecule has 3 heterocycles. The highest BCUT2D eigenvalue weighted by atomic mass is 16.4. The van der Waals surface area contributed by atoms with Gasteiger partial charge in [0.15, 0.2) is 0 Å². The van der Waals surface area contributed by atoms with E-state index in [4.69, 9.17) is 4.42 Å². The van der Waals surface area contributed by atoms with Crippen molar-refractivity contribution >= 4 is 57.4 Å². The number of hydrogen-bond donors (Lipinski definition) is 0. The molecule has 0 saturated heterocycles. The lowest BCUT2D eigenvalue weighted by Gasteiger charge is -2.46. The first-order chi connectivity index (χ1) is 31.9. The molecule has 4 heteroatoms. The molecule has 0 saturated carbocycles. The molecule has 0 unspecified atom stereocenters. The number of nitrogens with zero attached hydrogens (tertiary/aromatic N) is 2. The number of furan rings is 1. The van der Waals surface area contributed by atoms with Crippen LogP contribution in [-0.4, -0.2) is 6.85 Å². The molecule has 8 aromatic carbocycles. The van der Waals surface area contributed by atoms with Gasteiger partial charge in [-0.1, -0.05) is 176 Å². The maximum absolute atomic E-state index is 7.34. The summed E-state index contributed by atoms with van der Waals surface area (Å²) in [6.45, 7) is 16.4. The van der Waals surface area contributed by atoms with Crippen LogP contribution in [0.5, 0.6) is 0 Å². The fourth-order valence-corrected chi connectivity index (χ4v) is 11.3. The maximum Gasteiger partial charge on any atom is 0.337 e. The van der Waals surface area contributed by atoms with Gasteiger partial charge in [0.1, 0.15) is 5.58 Å². The molecule has 0 amide bonds. The van der Waals surface area contributed by atoms with Gasteiger partial charge in [0.05, 0.1) is 5.69 Å². The van der Waals surface area contributed by atoms with Crippen molar-refractivity contribution in [1.29, 1.82) is 0 Å². The molecule has 66 heavy (non-hydrogen) atoms. The Labute approximate surface area is 390 Å². The van der Waals surface area contributed by atoms with Crippen molar-refractivity contribution < 1.29 is 4.42 Å². The van der Waals surface area contributed by atoms with Crippen LogP contribution in [0.3, 0.4) is 0 Å². The van der Waals surface area contributed by atoms with Crippen LogP contribution < -0.4 is 20.6 Å². The average Bonchev–Trinajstić information content (AvgIpc) is 3.72. The molecular formula is C62H55BN2O. The minimum Gasteiger partial charge on any atom is -0.440 e. The minimum absolute atomic E-state index is 0.0359. The minimum atomic E-state index is -0.198. The third kappa shape index (κ3) is 6.32. The molecule has 2 aliphatic heterocycles. The second kappa shape index (κ2) is 14.7.